The lowest BCUT2D eigenvalue weighted by atomic mass is 10.2. The largest absolute Gasteiger partial charge is 0.383 e. The summed E-state index contributed by atoms with van der Waals surface area (Å²) >= 11 is 0. The van der Waals surface area contributed by atoms with Gasteiger partial charge in [-0.25, -0.2) is 8.78 Å². The van der Waals surface area contributed by atoms with E-state index in [-0.39, 0.29) is 6.04 Å². The molecule has 1 saturated heterocycles. The number of benzene rings is 1. The number of nitrogens with zero attached hydrogens (tertiary/aromatic N) is 5. The average molecular weight is 345 g/mol. The fraction of sp³-hybridized carbons (Fsp3) is 0.312. The first kappa shape index (κ1) is 15.6. The van der Waals surface area contributed by atoms with Crippen molar-refractivity contribution in [3.63, 3.8) is 0 Å². The van der Waals surface area contributed by atoms with Crippen molar-refractivity contribution < 1.29 is 8.78 Å². The first-order valence-corrected chi connectivity index (χ1v) is 7.93. The number of anilines is 3. The summed E-state index contributed by atoms with van der Waals surface area (Å²) in [6.45, 7) is 1.22. The van der Waals surface area contributed by atoms with Crippen LogP contribution in [0.25, 0.3) is 11.0 Å². The summed E-state index contributed by atoms with van der Waals surface area (Å²) < 4.78 is 28.6. The Labute approximate surface area is 142 Å². The van der Waals surface area contributed by atoms with Gasteiger partial charge in [0.2, 0.25) is 5.95 Å². The molecule has 2 aromatic heterocycles. The van der Waals surface area contributed by atoms with Gasteiger partial charge in [0.25, 0.3) is 0 Å². The van der Waals surface area contributed by atoms with Crippen LogP contribution in [-0.2, 0) is 7.05 Å². The normalized spacial score (nSPS) is 17.4. The van der Waals surface area contributed by atoms with Gasteiger partial charge in [-0.15, -0.1) is 0 Å². The second-order valence-electron chi connectivity index (χ2n) is 6.11. The molecule has 1 aliphatic heterocycles. The minimum atomic E-state index is -0.580. The fourth-order valence-electron chi connectivity index (χ4n) is 3.13. The Morgan fingerprint density at radius 3 is 2.92 bits per heavy atom. The number of fused-ring (bicyclic) bond motifs is 1. The molecule has 3 heterocycles. The third kappa shape index (κ3) is 2.81. The van der Waals surface area contributed by atoms with E-state index in [1.807, 2.05) is 4.90 Å². The average Bonchev–Trinajstić information content (AvgIpc) is 3.15. The van der Waals surface area contributed by atoms with Gasteiger partial charge >= 0.3 is 0 Å². The van der Waals surface area contributed by atoms with E-state index in [1.54, 1.807) is 17.9 Å². The van der Waals surface area contributed by atoms with Gasteiger partial charge in [0.05, 0.1) is 17.3 Å². The number of nitrogens with one attached hydrogen (secondary N) is 1. The maximum atomic E-state index is 13.9. The first-order valence-electron chi connectivity index (χ1n) is 7.93. The van der Waals surface area contributed by atoms with E-state index < -0.39 is 11.6 Å². The predicted molar refractivity (Wildman–Crippen MR) is 91.3 cm³/mol. The van der Waals surface area contributed by atoms with E-state index in [0.29, 0.717) is 41.6 Å². The molecule has 3 N–H and O–H groups in total. The van der Waals surface area contributed by atoms with Crippen molar-refractivity contribution in [2.24, 2.45) is 7.05 Å². The van der Waals surface area contributed by atoms with Crippen LogP contribution in [0.1, 0.15) is 6.42 Å². The summed E-state index contributed by atoms with van der Waals surface area (Å²) in [5.41, 5.74) is 7.00. The molecule has 1 fully saturated rings. The molecule has 0 aliphatic carbocycles. The molecule has 0 spiro atoms. The Hall–Kier alpha value is -2.97. The summed E-state index contributed by atoms with van der Waals surface area (Å²) in [5.74, 6) is -0.360. The second kappa shape index (κ2) is 5.83. The minimum absolute atomic E-state index is 0.0366. The molecule has 4 rings (SSSR count). The maximum Gasteiger partial charge on any atom is 0.226 e. The number of aromatic nitrogens is 4. The van der Waals surface area contributed by atoms with Gasteiger partial charge in [-0.2, -0.15) is 15.1 Å². The highest BCUT2D eigenvalue weighted by Crippen LogP contribution is 2.26. The van der Waals surface area contributed by atoms with Crippen molar-refractivity contribution in [1.29, 1.82) is 0 Å². The molecule has 7 nitrogen and oxygen atoms in total. The van der Waals surface area contributed by atoms with Crippen molar-refractivity contribution >= 4 is 28.5 Å². The number of nitrogens with two attached hydrogens (primary N) is 1. The Balaban J connectivity index is 1.52. The number of aryl methyl sites for hydroxylation is 1. The lowest BCUT2D eigenvalue weighted by Crippen LogP contribution is -2.27. The topological polar surface area (TPSA) is 84.9 Å². The van der Waals surface area contributed by atoms with Crippen LogP contribution < -0.4 is 16.0 Å². The van der Waals surface area contributed by atoms with Crippen LogP contribution in [0.5, 0.6) is 0 Å². The highest BCUT2D eigenvalue weighted by molar-refractivity contribution is 5.86. The van der Waals surface area contributed by atoms with Gasteiger partial charge in [0, 0.05) is 32.2 Å². The quantitative estimate of drug-likeness (QED) is 0.754. The zero-order valence-corrected chi connectivity index (χ0v) is 13.6. The Kier molecular flexibility index (Phi) is 3.63. The zero-order valence-electron chi connectivity index (χ0n) is 13.6. The predicted octanol–water partition coefficient (Wildman–Crippen LogP) is 1.91. The van der Waals surface area contributed by atoms with Crippen molar-refractivity contribution in [3.05, 3.63) is 36.0 Å². The smallest absolute Gasteiger partial charge is 0.226 e. The van der Waals surface area contributed by atoms with Crippen LogP contribution in [-0.4, -0.2) is 38.9 Å². The summed E-state index contributed by atoms with van der Waals surface area (Å²) in [6.07, 6.45) is 2.41. The van der Waals surface area contributed by atoms with E-state index in [9.17, 15) is 8.78 Å². The van der Waals surface area contributed by atoms with E-state index in [0.717, 1.165) is 12.5 Å². The Morgan fingerprint density at radius 2 is 2.12 bits per heavy atom. The summed E-state index contributed by atoms with van der Waals surface area (Å²) in [6, 6.07) is 3.66. The van der Waals surface area contributed by atoms with E-state index in [4.69, 9.17) is 5.73 Å². The van der Waals surface area contributed by atoms with Crippen LogP contribution in [0.15, 0.2) is 24.4 Å². The molecule has 0 amide bonds. The molecule has 9 heteroatoms. The summed E-state index contributed by atoms with van der Waals surface area (Å²) in [7, 11) is 1.78. The molecular weight excluding hydrogens is 328 g/mol. The summed E-state index contributed by atoms with van der Waals surface area (Å²) in [5, 5.41) is 8.07. The van der Waals surface area contributed by atoms with Gasteiger partial charge in [0.15, 0.2) is 5.65 Å². The monoisotopic (exact) mass is 345 g/mol. The minimum Gasteiger partial charge on any atom is -0.383 e. The van der Waals surface area contributed by atoms with Gasteiger partial charge in [-0.3, -0.25) is 4.68 Å². The van der Waals surface area contributed by atoms with Crippen molar-refractivity contribution in [2.45, 2.75) is 12.5 Å². The van der Waals surface area contributed by atoms with Gasteiger partial charge < -0.3 is 16.0 Å². The Bertz CT molecular complexity index is 940. The first-order chi connectivity index (χ1) is 12.0. The number of rotatable bonds is 3. The third-order valence-corrected chi connectivity index (χ3v) is 4.39. The molecule has 0 unspecified atom stereocenters. The number of nitrogen functional groups attached to an aromatic ring is 1. The highest BCUT2D eigenvalue weighted by Gasteiger charge is 2.25. The molecule has 1 aliphatic rings. The maximum absolute atomic E-state index is 13.9. The molecule has 25 heavy (non-hydrogen) atoms. The molecule has 0 bridgehead atoms. The number of hydrogen-bond donors (Lipinski definition) is 2. The second-order valence-corrected chi connectivity index (χ2v) is 6.11. The summed E-state index contributed by atoms with van der Waals surface area (Å²) in [4.78, 5) is 10.6. The molecule has 0 radical (unpaired) electrons. The number of halogens is 2. The molecule has 3 aromatic rings. The van der Waals surface area contributed by atoms with Crippen LogP contribution >= 0.6 is 0 Å². The SMILES string of the molecule is Cn1ncc2c(N)nc(N[C@H]3CCN(c4ccc(F)cc4F)C3)nc21. The van der Waals surface area contributed by atoms with Crippen LogP contribution in [0, 0.1) is 11.6 Å². The third-order valence-electron chi connectivity index (χ3n) is 4.39. The standard InChI is InChI=1S/C16H17F2N7/c1-24-15-11(7-20-24)14(19)22-16(23-15)21-10-4-5-25(8-10)13-3-2-9(17)6-12(13)18/h2-3,6-7,10H,4-5,8H2,1H3,(H3,19,21,22,23)/t10-/m0/s1. The van der Waals surface area contributed by atoms with Crippen LogP contribution in [0.4, 0.5) is 26.2 Å². The molecular formula is C16H17F2N7. The number of hydrogen-bond acceptors (Lipinski definition) is 6. The van der Waals surface area contributed by atoms with E-state index in [2.05, 4.69) is 20.4 Å². The van der Waals surface area contributed by atoms with Gasteiger partial charge in [0.1, 0.15) is 17.5 Å². The van der Waals surface area contributed by atoms with E-state index >= 15 is 0 Å². The molecule has 1 atom stereocenters. The van der Waals surface area contributed by atoms with Gasteiger partial charge in [-0.1, -0.05) is 0 Å². The molecule has 130 valence electrons. The lowest BCUT2D eigenvalue weighted by Gasteiger charge is -2.19. The van der Waals surface area contributed by atoms with E-state index in [1.165, 1.54) is 12.1 Å². The molecule has 0 saturated carbocycles. The van der Waals surface area contributed by atoms with Crippen molar-refractivity contribution in [3.8, 4) is 0 Å². The highest BCUT2D eigenvalue weighted by atomic mass is 19.1. The Morgan fingerprint density at radius 1 is 1.28 bits per heavy atom. The van der Waals surface area contributed by atoms with Crippen LogP contribution in [0.3, 0.4) is 0 Å². The lowest BCUT2D eigenvalue weighted by molar-refractivity contribution is 0.581. The molecule has 1 aromatic carbocycles. The van der Waals surface area contributed by atoms with Crippen molar-refractivity contribution in [2.75, 3.05) is 29.0 Å². The fourth-order valence-corrected chi connectivity index (χ4v) is 3.13. The zero-order chi connectivity index (χ0) is 17.6. The van der Waals surface area contributed by atoms with Gasteiger partial charge in [-0.05, 0) is 18.6 Å². The van der Waals surface area contributed by atoms with Crippen molar-refractivity contribution in [1.82, 2.24) is 19.7 Å². The van der Waals surface area contributed by atoms with Crippen LogP contribution in [0.2, 0.25) is 0 Å².